The Morgan fingerprint density at radius 3 is 2.70 bits per heavy atom. The maximum atomic E-state index is 11.7. The van der Waals surface area contributed by atoms with E-state index in [9.17, 15) is 4.79 Å². The second kappa shape index (κ2) is 8.26. The molecule has 0 heterocycles. The molecule has 0 fully saturated rings. The van der Waals surface area contributed by atoms with Gasteiger partial charge in [0.05, 0.1) is 10.7 Å². The minimum Gasteiger partial charge on any atom is -0.483 e. The van der Waals surface area contributed by atoms with Crippen LogP contribution in [0.4, 0.5) is 0 Å². The zero-order chi connectivity index (χ0) is 16.8. The topological polar surface area (TPSA) is 50.7 Å². The SMILES string of the molecule is Cc1ccc(/C=N/NC(=O)COc2ccc(Br)cc2Br)c(C)c1. The molecule has 1 amide bonds. The van der Waals surface area contributed by atoms with Crippen LogP contribution in [0, 0.1) is 13.8 Å². The van der Waals surface area contributed by atoms with E-state index in [1.807, 2.05) is 38.1 Å². The Balaban J connectivity index is 1.86. The van der Waals surface area contributed by atoms with E-state index in [4.69, 9.17) is 4.74 Å². The van der Waals surface area contributed by atoms with E-state index in [1.54, 1.807) is 12.3 Å². The first-order chi connectivity index (χ1) is 11.0. The third-order valence-electron chi connectivity index (χ3n) is 3.07. The molecule has 0 atom stereocenters. The summed E-state index contributed by atoms with van der Waals surface area (Å²) in [5, 5.41) is 3.96. The summed E-state index contributed by atoms with van der Waals surface area (Å²) in [6, 6.07) is 11.5. The van der Waals surface area contributed by atoms with Crippen LogP contribution < -0.4 is 10.2 Å². The van der Waals surface area contributed by atoms with Gasteiger partial charge in [0.25, 0.3) is 5.91 Å². The summed E-state index contributed by atoms with van der Waals surface area (Å²) in [6.07, 6.45) is 1.63. The molecule has 23 heavy (non-hydrogen) atoms. The molecule has 6 heteroatoms. The van der Waals surface area contributed by atoms with Gasteiger partial charge in [-0.25, -0.2) is 5.43 Å². The molecule has 0 aliphatic rings. The summed E-state index contributed by atoms with van der Waals surface area (Å²) in [6.45, 7) is 3.93. The van der Waals surface area contributed by atoms with Gasteiger partial charge in [-0.05, 0) is 59.1 Å². The van der Waals surface area contributed by atoms with E-state index in [0.717, 1.165) is 20.1 Å². The van der Waals surface area contributed by atoms with Crippen molar-refractivity contribution in [1.29, 1.82) is 0 Å². The van der Waals surface area contributed by atoms with Crippen LogP contribution >= 0.6 is 31.9 Å². The van der Waals surface area contributed by atoms with Crippen molar-refractivity contribution in [2.45, 2.75) is 13.8 Å². The smallest absolute Gasteiger partial charge is 0.277 e. The zero-order valence-electron chi connectivity index (χ0n) is 12.8. The number of hydrogen-bond acceptors (Lipinski definition) is 3. The predicted molar refractivity (Wildman–Crippen MR) is 99.0 cm³/mol. The van der Waals surface area contributed by atoms with Gasteiger partial charge in [-0.3, -0.25) is 4.79 Å². The Kier molecular flexibility index (Phi) is 6.36. The molecule has 0 aromatic heterocycles. The molecule has 2 rings (SSSR count). The highest BCUT2D eigenvalue weighted by molar-refractivity contribution is 9.11. The molecule has 1 N–H and O–H groups in total. The summed E-state index contributed by atoms with van der Waals surface area (Å²) in [5.74, 6) is 0.280. The molecule has 0 bridgehead atoms. The van der Waals surface area contributed by atoms with Gasteiger partial charge in [-0.2, -0.15) is 5.10 Å². The number of nitrogens with one attached hydrogen (secondary N) is 1. The Hall–Kier alpha value is -1.66. The van der Waals surface area contributed by atoms with Gasteiger partial charge in [-0.1, -0.05) is 39.7 Å². The predicted octanol–water partition coefficient (Wildman–Crippen LogP) is 4.36. The van der Waals surface area contributed by atoms with Crippen molar-refractivity contribution in [3.63, 3.8) is 0 Å². The quantitative estimate of drug-likeness (QED) is 0.555. The highest BCUT2D eigenvalue weighted by atomic mass is 79.9. The molecule has 4 nitrogen and oxygen atoms in total. The largest absolute Gasteiger partial charge is 0.483 e. The highest BCUT2D eigenvalue weighted by Crippen LogP contribution is 2.28. The first-order valence-electron chi connectivity index (χ1n) is 6.92. The van der Waals surface area contributed by atoms with E-state index in [2.05, 4.69) is 48.5 Å². The van der Waals surface area contributed by atoms with Crippen LogP contribution in [0.1, 0.15) is 16.7 Å². The number of ether oxygens (including phenoxy) is 1. The first kappa shape index (κ1) is 17.7. The molecule has 0 saturated carbocycles. The van der Waals surface area contributed by atoms with Gasteiger partial charge in [0.15, 0.2) is 6.61 Å². The van der Waals surface area contributed by atoms with Crippen LogP contribution in [-0.4, -0.2) is 18.7 Å². The number of halogens is 2. The number of aryl methyl sites for hydroxylation is 2. The number of hydrogen-bond donors (Lipinski definition) is 1. The molecule has 0 aliphatic heterocycles. The number of nitrogens with zero attached hydrogens (tertiary/aromatic N) is 1. The molecule has 0 unspecified atom stereocenters. The van der Waals surface area contributed by atoms with Crippen molar-refractivity contribution in [2.75, 3.05) is 6.61 Å². The Labute approximate surface area is 152 Å². The fraction of sp³-hybridized carbons (Fsp3) is 0.176. The second-order valence-corrected chi connectivity index (χ2v) is 6.79. The number of rotatable bonds is 5. The summed E-state index contributed by atoms with van der Waals surface area (Å²) in [4.78, 5) is 11.7. The van der Waals surface area contributed by atoms with E-state index in [-0.39, 0.29) is 12.5 Å². The van der Waals surface area contributed by atoms with Crippen LogP contribution in [0.2, 0.25) is 0 Å². The van der Waals surface area contributed by atoms with E-state index >= 15 is 0 Å². The lowest BCUT2D eigenvalue weighted by Gasteiger charge is -2.07. The van der Waals surface area contributed by atoms with Crippen LogP contribution in [-0.2, 0) is 4.79 Å². The van der Waals surface area contributed by atoms with Crippen LogP contribution in [0.3, 0.4) is 0 Å². The van der Waals surface area contributed by atoms with Crippen molar-refractivity contribution < 1.29 is 9.53 Å². The maximum Gasteiger partial charge on any atom is 0.277 e. The molecule has 0 spiro atoms. The monoisotopic (exact) mass is 438 g/mol. The lowest BCUT2D eigenvalue weighted by atomic mass is 10.1. The van der Waals surface area contributed by atoms with Crippen molar-refractivity contribution in [2.24, 2.45) is 5.10 Å². The van der Waals surface area contributed by atoms with Gasteiger partial charge >= 0.3 is 0 Å². The van der Waals surface area contributed by atoms with Crippen LogP contribution in [0.15, 0.2) is 50.4 Å². The Morgan fingerprint density at radius 2 is 2.00 bits per heavy atom. The number of carbonyl (C=O) groups excluding carboxylic acids is 1. The third kappa shape index (κ3) is 5.48. The fourth-order valence-corrected chi connectivity index (χ4v) is 3.07. The third-order valence-corrected chi connectivity index (χ3v) is 4.18. The standard InChI is InChI=1S/C17H16Br2N2O2/c1-11-3-4-13(12(2)7-11)9-20-21-17(22)10-23-16-6-5-14(18)8-15(16)19/h3-9H,10H2,1-2H3,(H,21,22)/b20-9+. The van der Waals surface area contributed by atoms with Crippen LogP contribution in [0.5, 0.6) is 5.75 Å². The van der Waals surface area contributed by atoms with Crippen molar-refractivity contribution in [3.8, 4) is 5.75 Å². The number of hydrazone groups is 1. The number of amides is 1. The molecule has 0 saturated heterocycles. The zero-order valence-corrected chi connectivity index (χ0v) is 15.9. The second-order valence-electron chi connectivity index (χ2n) is 5.02. The summed E-state index contributed by atoms with van der Waals surface area (Å²) >= 11 is 6.74. The maximum absolute atomic E-state index is 11.7. The first-order valence-corrected chi connectivity index (χ1v) is 8.51. The van der Waals surface area contributed by atoms with E-state index in [1.165, 1.54) is 5.56 Å². The van der Waals surface area contributed by atoms with Crippen molar-refractivity contribution >= 4 is 44.0 Å². The average Bonchev–Trinajstić information content (AvgIpc) is 2.48. The summed E-state index contributed by atoms with van der Waals surface area (Å²) in [7, 11) is 0. The van der Waals surface area contributed by atoms with Gasteiger partial charge in [0.1, 0.15) is 5.75 Å². The minimum atomic E-state index is -0.319. The van der Waals surface area contributed by atoms with Gasteiger partial charge in [-0.15, -0.1) is 0 Å². The highest BCUT2D eigenvalue weighted by Gasteiger charge is 2.05. The molecule has 2 aromatic carbocycles. The Bertz CT molecular complexity index is 745. The number of benzene rings is 2. The van der Waals surface area contributed by atoms with Crippen molar-refractivity contribution in [1.82, 2.24) is 5.43 Å². The van der Waals surface area contributed by atoms with E-state index in [0.29, 0.717) is 5.75 Å². The van der Waals surface area contributed by atoms with Crippen LogP contribution in [0.25, 0.3) is 0 Å². The van der Waals surface area contributed by atoms with Gasteiger partial charge < -0.3 is 4.74 Å². The van der Waals surface area contributed by atoms with Gasteiger partial charge in [0.2, 0.25) is 0 Å². The summed E-state index contributed by atoms with van der Waals surface area (Å²) in [5.41, 5.74) is 5.72. The van der Waals surface area contributed by atoms with E-state index < -0.39 is 0 Å². The molecule has 2 aromatic rings. The summed E-state index contributed by atoms with van der Waals surface area (Å²) < 4.78 is 7.15. The molecule has 0 radical (unpaired) electrons. The average molecular weight is 440 g/mol. The molecule has 0 aliphatic carbocycles. The number of carbonyl (C=O) groups is 1. The fourth-order valence-electron chi connectivity index (χ4n) is 1.91. The lowest BCUT2D eigenvalue weighted by molar-refractivity contribution is -0.123. The van der Waals surface area contributed by atoms with Crippen molar-refractivity contribution in [3.05, 3.63) is 62.0 Å². The normalized spacial score (nSPS) is 10.8. The molecule has 120 valence electrons. The lowest BCUT2D eigenvalue weighted by Crippen LogP contribution is -2.24. The molecular formula is C17H16Br2N2O2. The molecular weight excluding hydrogens is 424 g/mol. The minimum absolute atomic E-state index is 0.107. The van der Waals surface area contributed by atoms with Gasteiger partial charge in [0, 0.05) is 4.47 Å². The Morgan fingerprint density at radius 1 is 1.22 bits per heavy atom.